The van der Waals surface area contributed by atoms with Crippen LogP contribution >= 0.6 is 0 Å². The van der Waals surface area contributed by atoms with Crippen LogP contribution in [0.15, 0.2) is 24.8 Å². The number of aliphatic carboxylic acids is 1. The molecule has 0 aromatic heterocycles. The molecule has 0 unspecified atom stereocenters. The Morgan fingerprint density at radius 3 is 1.75 bits per heavy atom. The van der Waals surface area contributed by atoms with Gasteiger partial charge in [0.1, 0.15) is 31.0 Å². The van der Waals surface area contributed by atoms with E-state index in [0.29, 0.717) is 6.42 Å². The number of ether oxygens (including phenoxy) is 1. The Hall–Kier alpha value is -2.07. The zero-order valence-electron chi connectivity index (χ0n) is 21.8. The Balaban J connectivity index is 0. The summed E-state index contributed by atoms with van der Waals surface area (Å²) in [5.41, 5.74) is 0. The number of hydrogen-bond donors (Lipinski definition) is 5. The molecule has 9 heteroatoms. The van der Waals surface area contributed by atoms with Gasteiger partial charge >= 0.3 is 11.9 Å². The summed E-state index contributed by atoms with van der Waals surface area (Å²) >= 11 is 0. The number of carbonyl (C=O) groups excluding carboxylic acids is 2. The van der Waals surface area contributed by atoms with Crippen molar-refractivity contribution in [2.45, 2.75) is 121 Å². The fourth-order valence-corrected chi connectivity index (χ4v) is 3.20. The normalized spacial score (nSPS) is 14.2. The molecular formula is C27H48O9. The number of aldehydes is 1. The van der Waals surface area contributed by atoms with E-state index in [2.05, 4.69) is 25.7 Å². The van der Waals surface area contributed by atoms with E-state index >= 15 is 0 Å². The van der Waals surface area contributed by atoms with Crippen LogP contribution in [0.3, 0.4) is 0 Å². The molecule has 0 rings (SSSR count). The van der Waals surface area contributed by atoms with Crippen LogP contribution in [-0.4, -0.2) is 74.8 Å². The van der Waals surface area contributed by atoms with Crippen LogP contribution in [0.2, 0.25) is 0 Å². The smallest absolute Gasteiger partial charge is 0.327 e. The first-order valence-electron chi connectivity index (χ1n) is 13.0. The van der Waals surface area contributed by atoms with Crippen LogP contribution in [0.25, 0.3) is 0 Å². The first-order valence-corrected chi connectivity index (χ1v) is 13.0. The largest absolute Gasteiger partial charge is 0.478 e. The van der Waals surface area contributed by atoms with Crippen molar-refractivity contribution >= 4 is 18.2 Å². The van der Waals surface area contributed by atoms with Crippen molar-refractivity contribution in [1.29, 1.82) is 0 Å². The van der Waals surface area contributed by atoms with E-state index in [-0.39, 0.29) is 12.7 Å². The van der Waals surface area contributed by atoms with Gasteiger partial charge in [0, 0.05) is 12.5 Å². The highest BCUT2D eigenvalue weighted by molar-refractivity contribution is 5.78. The Morgan fingerprint density at radius 2 is 1.28 bits per heavy atom. The number of hydrogen-bond acceptors (Lipinski definition) is 8. The first kappa shape index (κ1) is 36.1. The second-order valence-corrected chi connectivity index (χ2v) is 8.73. The molecule has 0 aliphatic heterocycles. The molecule has 0 saturated carbocycles. The monoisotopic (exact) mass is 516 g/mol. The SMILES string of the molecule is C=CC(=O)O.CCCCCCCCC=CCCCCCCCC(=O)OC[C@@H](O)[C@@H](O)[C@H](O)[C@@H](O)C=O. The molecule has 9 nitrogen and oxygen atoms in total. The summed E-state index contributed by atoms with van der Waals surface area (Å²) in [5.74, 6) is -1.47. The van der Waals surface area contributed by atoms with Gasteiger partial charge in [0.15, 0.2) is 6.29 Å². The predicted molar refractivity (Wildman–Crippen MR) is 138 cm³/mol. The van der Waals surface area contributed by atoms with Crippen LogP contribution in [0.1, 0.15) is 96.8 Å². The molecule has 0 aromatic carbocycles. The Labute approximate surface area is 215 Å². The maximum atomic E-state index is 11.7. The molecule has 4 atom stereocenters. The van der Waals surface area contributed by atoms with Crippen molar-refractivity contribution < 1.29 is 44.7 Å². The molecule has 0 amide bonds. The maximum absolute atomic E-state index is 11.7. The number of carbonyl (C=O) groups is 3. The fraction of sp³-hybridized carbons (Fsp3) is 0.741. The van der Waals surface area contributed by atoms with E-state index in [0.717, 1.165) is 38.2 Å². The lowest BCUT2D eigenvalue weighted by Gasteiger charge is -2.23. The Kier molecular flexibility index (Phi) is 26.1. The van der Waals surface area contributed by atoms with Gasteiger partial charge in [0.05, 0.1) is 0 Å². The van der Waals surface area contributed by atoms with Gasteiger partial charge in [-0.1, -0.05) is 77.0 Å². The molecular weight excluding hydrogens is 468 g/mol. The zero-order valence-corrected chi connectivity index (χ0v) is 21.8. The van der Waals surface area contributed by atoms with Crippen molar-refractivity contribution in [2.75, 3.05) is 6.61 Å². The number of unbranched alkanes of at least 4 members (excludes halogenated alkanes) is 11. The third kappa shape index (κ3) is 23.7. The molecule has 0 bridgehead atoms. The summed E-state index contributed by atoms with van der Waals surface area (Å²) in [4.78, 5) is 31.3. The molecule has 0 radical (unpaired) electrons. The predicted octanol–water partition coefficient (Wildman–Crippen LogP) is 3.47. The van der Waals surface area contributed by atoms with E-state index in [1.54, 1.807) is 0 Å². The van der Waals surface area contributed by atoms with Crippen LogP contribution in [0.4, 0.5) is 0 Å². The topological polar surface area (TPSA) is 162 Å². The van der Waals surface area contributed by atoms with Crippen molar-refractivity contribution in [3.63, 3.8) is 0 Å². The molecule has 5 N–H and O–H groups in total. The molecule has 210 valence electrons. The van der Waals surface area contributed by atoms with Crippen LogP contribution in [0, 0.1) is 0 Å². The van der Waals surface area contributed by atoms with E-state index in [1.807, 2.05) is 0 Å². The molecule has 0 saturated heterocycles. The lowest BCUT2D eigenvalue weighted by Crippen LogP contribution is -2.46. The number of aliphatic hydroxyl groups excluding tert-OH is 4. The highest BCUT2D eigenvalue weighted by atomic mass is 16.5. The third-order valence-corrected chi connectivity index (χ3v) is 5.47. The van der Waals surface area contributed by atoms with Crippen molar-refractivity contribution in [3.05, 3.63) is 24.8 Å². The molecule has 0 heterocycles. The number of carboxylic acids is 1. The van der Waals surface area contributed by atoms with Crippen molar-refractivity contribution in [1.82, 2.24) is 0 Å². The molecule has 0 aliphatic rings. The minimum atomic E-state index is -1.84. The summed E-state index contributed by atoms with van der Waals surface area (Å²) in [6.45, 7) is 4.69. The van der Waals surface area contributed by atoms with Gasteiger partial charge in [-0.25, -0.2) is 4.79 Å². The molecule has 36 heavy (non-hydrogen) atoms. The number of esters is 1. The fourth-order valence-electron chi connectivity index (χ4n) is 3.20. The zero-order chi connectivity index (χ0) is 27.6. The highest BCUT2D eigenvalue weighted by Crippen LogP contribution is 2.11. The van der Waals surface area contributed by atoms with Crippen molar-refractivity contribution in [3.8, 4) is 0 Å². The summed E-state index contributed by atoms with van der Waals surface area (Å²) in [6.07, 6.45) is 13.9. The molecule has 0 aliphatic carbocycles. The van der Waals surface area contributed by atoms with Gasteiger partial charge in [0.2, 0.25) is 0 Å². The second kappa shape index (κ2) is 26.0. The van der Waals surface area contributed by atoms with Crippen LogP contribution in [-0.2, 0) is 19.1 Å². The van der Waals surface area contributed by atoms with Gasteiger partial charge in [-0.05, 0) is 32.1 Å². The summed E-state index contributed by atoms with van der Waals surface area (Å²) in [6, 6.07) is 0. The number of aliphatic hydroxyl groups is 4. The number of carboxylic acid groups (broad SMARTS) is 1. The summed E-state index contributed by atoms with van der Waals surface area (Å²) in [5, 5.41) is 45.4. The van der Waals surface area contributed by atoms with E-state index in [4.69, 9.17) is 14.9 Å². The summed E-state index contributed by atoms with van der Waals surface area (Å²) < 4.78 is 4.87. The number of allylic oxidation sites excluding steroid dienone is 2. The first-order chi connectivity index (χ1) is 17.2. The van der Waals surface area contributed by atoms with Gasteiger partial charge < -0.3 is 35.1 Å². The summed E-state index contributed by atoms with van der Waals surface area (Å²) in [7, 11) is 0. The molecule has 0 aromatic rings. The average molecular weight is 517 g/mol. The minimum absolute atomic E-state index is 0.0549. The molecule has 0 spiro atoms. The van der Waals surface area contributed by atoms with Crippen LogP contribution in [0.5, 0.6) is 0 Å². The van der Waals surface area contributed by atoms with Crippen LogP contribution < -0.4 is 0 Å². The number of rotatable bonds is 22. The van der Waals surface area contributed by atoms with Gasteiger partial charge in [-0.15, -0.1) is 0 Å². The lowest BCUT2D eigenvalue weighted by atomic mass is 10.0. The highest BCUT2D eigenvalue weighted by Gasteiger charge is 2.30. The maximum Gasteiger partial charge on any atom is 0.327 e. The second-order valence-electron chi connectivity index (χ2n) is 8.73. The van der Waals surface area contributed by atoms with Gasteiger partial charge in [0.25, 0.3) is 0 Å². The third-order valence-electron chi connectivity index (χ3n) is 5.47. The Morgan fingerprint density at radius 1 is 0.806 bits per heavy atom. The Bertz CT molecular complexity index is 592. The van der Waals surface area contributed by atoms with Crippen molar-refractivity contribution in [2.24, 2.45) is 0 Å². The van der Waals surface area contributed by atoms with E-state index in [1.165, 1.54) is 44.9 Å². The minimum Gasteiger partial charge on any atom is -0.478 e. The standard InChI is InChI=1S/C24H44O7.C3H4O2/c1-2-3-4-5-6-7-8-9-10-11-12-13-14-15-16-17-22(28)31-19-21(27)24(30)23(29)20(26)18-25;1-2-3(4)5/h9-10,18,20-21,23-24,26-27,29-30H,2-8,11-17,19H2,1H3;2H,1H2,(H,4,5)/t20-,21+,23+,24+;/m0./s1. The molecule has 0 fully saturated rings. The van der Waals surface area contributed by atoms with Gasteiger partial charge in [-0.2, -0.15) is 0 Å². The van der Waals surface area contributed by atoms with E-state index in [9.17, 15) is 29.7 Å². The van der Waals surface area contributed by atoms with E-state index < -0.39 is 43.0 Å². The quantitative estimate of drug-likeness (QED) is 0.0477. The average Bonchev–Trinajstić information content (AvgIpc) is 2.88. The van der Waals surface area contributed by atoms with Gasteiger partial charge in [-0.3, -0.25) is 4.79 Å². The lowest BCUT2D eigenvalue weighted by molar-refractivity contribution is -0.156.